The van der Waals surface area contributed by atoms with Crippen molar-refractivity contribution in [1.29, 1.82) is 0 Å². The quantitative estimate of drug-likeness (QED) is 0.230. The Bertz CT molecular complexity index is 1680. The molecule has 3 aromatic carbocycles. The molecule has 1 saturated carbocycles. The van der Waals surface area contributed by atoms with E-state index in [1.54, 1.807) is 5.56 Å². The molecule has 3 aliphatic heterocycles. The van der Waals surface area contributed by atoms with Crippen LogP contribution in [0.3, 0.4) is 0 Å². The van der Waals surface area contributed by atoms with E-state index < -0.39 is 0 Å². The van der Waals surface area contributed by atoms with Crippen LogP contribution in [0.15, 0.2) is 48.5 Å². The van der Waals surface area contributed by atoms with Crippen molar-refractivity contribution in [3.05, 3.63) is 70.9 Å². The SMILES string of the molecule is Cc1c(C)n2c3c(cccc13)B1c3cc(C(C)(C)C)cc4c3N(c3cccc-2c31)C1(C)CCCCC41C. The molecular formula is C34H37BN2. The molecule has 2 unspecified atom stereocenters. The van der Waals surface area contributed by atoms with Gasteiger partial charge in [0.15, 0.2) is 0 Å². The Hall–Kier alpha value is -2.94. The van der Waals surface area contributed by atoms with E-state index in [0.29, 0.717) is 0 Å². The molecule has 186 valence electrons. The van der Waals surface area contributed by atoms with E-state index in [2.05, 4.69) is 106 Å². The van der Waals surface area contributed by atoms with Gasteiger partial charge in [0.1, 0.15) is 0 Å². The monoisotopic (exact) mass is 484 g/mol. The average molecular weight is 484 g/mol. The van der Waals surface area contributed by atoms with E-state index >= 15 is 0 Å². The maximum atomic E-state index is 2.83. The third kappa shape index (κ3) is 2.33. The first-order valence-electron chi connectivity index (χ1n) is 14.3. The minimum Gasteiger partial charge on any atom is -0.335 e. The summed E-state index contributed by atoms with van der Waals surface area (Å²) in [6.07, 6.45) is 5.16. The molecule has 2 nitrogen and oxygen atoms in total. The molecule has 0 amide bonds. The predicted octanol–water partition coefficient (Wildman–Crippen LogP) is 6.43. The molecule has 0 saturated heterocycles. The summed E-state index contributed by atoms with van der Waals surface area (Å²) in [7, 11) is 0. The smallest absolute Gasteiger partial charge is 0.252 e. The van der Waals surface area contributed by atoms with E-state index in [0.717, 1.165) is 0 Å². The summed E-state index contributed by atoms with van der Waals surface area (Å²) in [5, 5.41) is 1.41. The van der Waals surface area contributed by atoms with Crippen LogP contribution in [-0.2, 0) is 10.8 Å². The molecule has 1 aromatic heterocycles. The third-order valence-electron chi connectivity index (χ3n) is 11.1. The molecule has 1 aliphatic carbocycles. The van der Waals surface area contributed by atoms with Gasteiger partial charge in [0.25, 0.3) is 6.71 Å². The van der Waals surface area contributed by atoms with Gasteiger partial charge < -0.3 is 9.47 Å². The summed E-state index contributed by atoms with van der Waals surface area (Å²) in [6, 6.07) is 19.4. The van der Waals surface area contributed by atoms with Crippen molar-refractivity contribution < 1.29 is 0 Å². The molecule has 0 N–H and O–H groups in total. The van der Waals surface area contributed by atoms with Gasteiger partial charge in [0.2, 0.25) is 0 Å². The Morgan fingerprint density at radius 3 is 2.38 bits per heavy atom. The largest absolute Gasteiger partial charge is 0.335 e. The fourth-order valence-corrected chi connectivity index (χ4v) is 8.77. The van der Waals surface area contributed by atoms with Crippen molar-refractivity contribution >= 4 is 45.4 Å². The molecule has 0 spiro atoms. The lowest BCUT2D eigenvalue weighted by molar-refractivity contribution is 0.195. The molecule has 37 heavy (non-hydrogen) atoms. The highest BCUT2D eigenvalue weighted by Crippen LogP contribution is 2.61. The summed E-state index contributed by atoms with van der Waals surface area (Å²) in [5.41, 5.74) is 16.5. The van der Waals surface area contributed by atoms with Crippen LogP contribution in [0.5, 0.6) is 0 Å². The number of aryl methyl sites for hydroxylation is 1. The number of para-hydroxylation sites is 1. The fourth-order valence-electron chi connectivity index (χ4n) is 8.77. The topological polar surface area (TPSA) is 8.17 Å². The summed E-state index contributed by atoms with van der Waals surface area (Å²) in [6.45, 7) is 17.2. The van der Waals surface area contributed by atoms with E-state index in [4.69, 9.17) is 0 Å². The molecule has 4 aromatic rings. The number of rotatable bonds is 0. The Morgan fingerprint density at radius 1 is 0.865 bits per heavy atom. The van der Waals surface area contributed by atoms with Crippen LogP contribution >= 0.6 is 0 Å². The molecule has 0 bridgehead atoms. The van der Waals surface area contributed by atoms with Crippen molar-refractivity contribution in [1.82, 2.24) is 4.57 Å². The molecule has 0 radical (unpaired) electrons. The third-order valence-corrected chi connectivity index (χ3v) is 11.1. The van der Waals surface area contributed by atoms with Crippen LogP contribution < -0.4 is 21.3 Å². The lowest BCUT2D eigenvalue weighted by Crippen LogP contribution is -2.64. The summed E-state index contributed by atoms with van der Waals surface area (Å²) >= 11 is 0. The minimum atomic E-state index is 0.0901. The van der Waals surface area contributed by atoms with E-state index in [-0.39, 0.29) is 23.1 Å². The number of anilines is 2. The number of nitrogens with zero attached hydrogens (tertiary/aromatic N) is 2. The molecule has 4 aliphatic rings. The van der Waals surface area contributed by atoms with Crippen molar-refractivity contribution in [2.45, 2.75) is 90.5 Å². The van der Waals surface area contributed by atoms with Gasteiger partial charge in [-0.15, -0.1) is 0 Å². The second kappa shape index (κ2) is 6.55. The number of aromatic nitrogens is 1. The van der Waals surface area contributed by atoms with Gasteiger partial charge in [-0.1, -0.05) is 76.9 Å². The van der Waals surface area contributed by atoms with Crippen molar-refractivity contribution in [3.8, 4) is 5.69 Å². The van der Waals surface area contributed by atoms with Crippen LogP contribution in [-0.4, -0.2) is 16.8 Å². The van der Waals surface area contributed by atoms with Crippen molar-refractivity contribution in [2.75, 3.05) is 4.90 Å². The Kier molecular flexibility index (Phi) is 3.91. The molecule has 8 rings (SSSR count). The molecule has 4 heterocycles. The van der Waals surface area contributed by atoms with E-state index in [9.17, 15) is 0 Å². The summed E-state index contributed by atoms with van der Waals surface area (Å²) < 4.78 is 2.58. The van der Waals surface area contributed by atoms with Gasteiger partial charge >= 0.3 is 0 Å². The lowest BCUT2D eigenvalue weighted by Gasteiger charge is -2.52. The maximum Gasteiger partial charge on any atom is 0.252 e. The summed E-state index contributed by atoms with van der Waals surface area (Å²) in [5.74, 6) is 0. The minimum absolute atomic E-state index is 0.0901. The average Bonchev–Trinajstić information content (AvgIpc) is 3.25. The number of benzene rings is 3. The van der Waals surface area contributed by atoms with Crippen molar-refractivity contribution in [3.63, 3.8) is 0 Å². The zero-order valence-corrected chi connectivity index (χ0v) is 23.4. The molecular weight excluding hydrogens is 447 g/mol. The van der Waals surface area contributed by atoms with Crippen LogP contribution in [0.2, 0.25) is 0 Å². The molecule has 1 fully saturated rings. The van der Waals surface area contributed by atoms with Gasteiger partial charge in [0.05, 0.1) is 5.54 Å². The molecule has 3 heteroatoms. The lowest BCUT2D eigenvalue weighted by atomic mass is 9.33. The summed E-state index contributed by atoms with van der Waals surface area (Å²) in [4.78, 5) is 2.83. The number of hydrogen-bond donors (Lipinski definition) is 0. The van der Waals surface area contributed by atoms with Crippen LogP contribution in [0.4, 0.5) is 11.4 Å². The van der Waals surface area contributed by atoms with Crippen molar-refractivity contribution in [2.24, 2.45) is 0 Å². The standard InChI is InChI=1S/C34H37BN2/c1-20-21(2)36-27-14-11-15-28-29(27)35(25-13-10-12-23(20)30(25)36)26-19-22(32(3,4)5)18-24-31(26)37(28)34(7)17-9-8-16-33(24,34)6/h10-15,18-19H,8-9,16-17H2,1-7H3. The second-order valence-corrected chi connectivity index (χ2v) is 13.8. The Balaban J connectivity index is 1.58. The van der Waals surface area contributed by atoms with Gasteiger partial charge in [0, 0.05) is 39.1 Å². The zero-order valence-electron chi connectivity index (χ0n) is 23.4. The van der Waals surface area contributed by atoms with Gasteiger partial charge in [-0.05, 0) is 84.2 Å². The second-order valence-electron chi connectivity index (χ2n) is 13.8. The maximum absolute atomic E-state index is 2.83. The zero-order chi connectivity index (χ0) is 25.6. The first kappa shape index (κ1) is 22.1. The highest BCUT2D eigenvalue weighted by molar-refractivity contribution is 7.00. The van der Waals surface area contributed by atoms with Crippen LogP contribution in [0, 0.1) is 13.8 Å². The van der Waals surface area contributed by atoms with Gasteiger partial charge in [-0.25, -0.2) is 0 Å². The van der Waals surface area contributed by atoms with E-state index in [1.807, 2.05) is 0 Å². The number of hydrogen-bond acceptors (Lipinski definition) is 1. The predicted molar refractivity (Wildman–Crippen MR) is 159 cm³/mol. The fraction of sp³-hybridized carbons (Fsp3) is 0.412. The van der Waals surface area contributed by atoms with Crippen LogP contribution in [0.1, 0.15) is 82.7 Å². The Morgan fingerprint density at radius 2 is 1.59 bits per heavy atom. The highest BCUT2D eigenvalue weighted by atomic mass is 15.3. The van der Waals surface area contributed by atoms with Crippen LogP contribution in [0.25, 0.3) is 16.6 Å². The first-order chi connectivity index (χ1) is 17.6. The van der Waals surface area contributed by atoms with E-state index in [1.165, 1.54) is 86.9 Å². The highest BCUT2D eigenvalue weighted by Gasteiger charge is 2.61. The first-order valence-corrected chi connectivity index (χ1v) is 14.3. The number of fused-ring (bicyclic) bond motifs is 7. The van der Waals surface area contributed by atoms with Gasteiger partial charge in [-0.2, -0.15) is 0 Å². The normalized spacial score (nSPS) is 24.8. The Labute approximate surface area is 221 Å². The van der Waals surface area contributed by atoms with Gasteiger partial charge in [-0.3, -0.25) is 0 Å². The molecule has 2 atom stereocenters.